The minimum Gasteiger partial charge on any atom is -0.341 e. The molecule has 170 valence electrons. The highest BCUT2D eigenvalue weighted by atomic mass is 32.2. The Morgan fingerprint density at radius 1 is 1.29 bits per heavy atom. The van der Waals surface area contributed by atoms with Crippen LogP contribution in [0.5, 0.6) is 0 Å². The van der Waals surface area contributed by atoms with Gasteiger partial charge in [0.05, 0.1) is 29.3 Å². The van der Waals surface area contributed by atoms with Crippen LogP contribution >= 0.6 is 0 Å². The number of sulfone groups is 1. The van der Waals surface area contributed by atoms with Gasteiger partial charge in [0.25, 0.3) is 0 Å². The number of rotatable bonds is 4. The van der Waals surface area contributed by atoms with Crippen molar-refractivity contribution in [2.24, 2.45) is 0 Å². The molecule has 2 aliphatic rings. The van der Waals surface area contributed by atoms with Crippen molar-refractivity contribution >= 4 is 26.8 Å². The van der Waals surface area contributed by atoms with E-state index in [1.807, 2.05) is 27.6 Å². The van der Waals surface area contributed by atoms with E-state index in [1.54, 1.807) is 6.20 Å². The molecule has 0 spiro atoms. The van der Waals surface area contributed by atoms with Crippen LogP contribution in [0.1, 0.15) is 51.6 Å². The van der Waals surface area contributed by atoms with E-state index in [4.69, 9.17) is 5.10 Å². The molecule has 1 amide bonds. The SMILES string of the molecule is CN(CC(=O)N1CCCC(c2nn(C(C)(C)C)c3ncccc23)C1)C1CCS(=O)(=O)C1. The molecule has 2 saturated heterocycles. The Balaban J connectivity index is 1.50. The molecule has 2 unspecified atom stereocenters. The Morgan fingerprint density at radius 3 is 2.74 bits per heavy atom. The summed E-state index contributed by atoms with van der Waals surface area (Å²) in [5, 5.41) is 6.02. The quantitative estimate of drug-likeness (QED) is 0.712. The van der Waals surface area contributed by atoms with Gasteiger partial charge in [-0.25, -0.2) is 18.1 Å². The van der Waals surface area contributed by atoms with Crippen LogP contribution in [0.3, 0.4) is 0 Å². The fourth-order valence-corrected chi connectivity index (χ4v) is 6.54. The first-order chi connectivity index (χ1) is 14.5. The number of aromatic nitrogens is 3. The zero-order valence-corrected chi connectivity index (χ0v) is 19.7. The number of hydrogen-bond acceptors (Lipinski definition) is 6. The van der Waals surface area contributed by atoms with E-state index in [-0.39, 0.29) is 41.5 Å². The zero-order chi connectivity index (χ0) is 22.4. The van der Waals surface area contributed by atoms with Gasteiger partial charge in [-0.15, -0.1) is 0 Å². The average Bonchev–Trinajstić information content (AvgIpc) is 3.28. The van der Waals surface area contributed by atoms with Crippen LogP contribution in [0.2, 0.25) is 0 Å². The van der Waals surface area contributed by atoms with Gasteiger partial charge in [0.2, 0.25) is 5.91 Å². The molecule has 2 aromatic rings. The number of carbonyl (C=O) groups excluding carboxylic acids is 1. The second kappa shape index (κ2) is 8.16. The van der Waals surface area contributed by atoms with Gasteiger partial charge in [-0.1, -0.05) is 0 Å². The predicted octanol–water partition coefficient (Wildman–Crippen LogP) is 2.01. The van der Waals surface area contributed by atoms with E-state index < -0.39 is 9.84 Å². The Labute approximate surface area is 184 Å². The lowest BCUT2D eigenvalue weighted by Crippen LogP contribution is -2.46. The zero-order valence-electron chi connectivity index (χ0n) is 18.9. The minimum absolute atomic E-state index is 0.0629. The summed E-state index contributed by atoms with van der Waals surface area (Å²) in [5.74, 6) is 0.613. The Hall–Kier alpha value is -2.00. The highest BCUT2D eigenvalue weighted by Gasteiger charge is 2.34. The maximum Gasteiger partial charge on any atom is 0.236 e. The molecule has 0 saturated carbocycles. The minimum atomic E-state index is -2.96. The molecular weight excluding hydrogens is 414 g/mol. The summed E-state index contributed by atoms with van der Waals surface area (Å²) in [6.45, 7) is 7.99. The predicted molar refractivity (Wildman–Crippen MR) is 121 cm³/mol. The summed E-state index contributed by atoms with van der Waals surface area (Å²) in [6.07, 6.45) is 4.33. The van der Waals surface area contributed by atoms with Crippen LogP contribution < -0.4 is 0 Å². The van der Waals surface area contributed by atoms with Crippen LogP contribution in [-0.2, 0) is 20.2 Å². The highest BCUT2D eigenvalue weighted by Crippen LogP contribution is 2.33. The van der Waals surface area contributed by atoms with Gasteiger partial charge in [0.15, 0.2) is 15.5 Å². The first kappa shape index (κ1) is 22.2. The number of amides is 1. The van der Waals surface area contributed by atoms with Crippen LogP contribution in [0, 0.1) is 0 Å². The molecule has 4 rings (SSSR count). The second-order valence-corrected chi connectivity index (χ2v) is 12.2. The number of nitrogens with zero attached hydrogens (tertiary/aromatic N) is 5. The molecule has 0 radical (unpaired) electrons. The Morgan fingerprint density at radius 2 is 2.06 bits per heavy atom. The van der Waals surface area contributed by atoms with Crippen LogP contribution in [-0.4, -0.2) is 83.1 Å². The van der Waals surface area contributed by atoms with Crippen molar-refractivity contribution in [2.75, 3.05) is 38.2 Å². The number of fused-ring (bicyclic) bond motifs is 1. The topological polar surface area (TPSA) is 88.4 Å². The largest absolute Gasteiger partial charge is 0.341 e. The lowest BCUT2D eigenvalue weighted by Gasteiger charge is -2.34. The van der Waals surface area contributed by atoms with Crippen molar-refractivity contribution in [3.05, 3.63) is 24.0 Å². The number of piperidine rings is 1. The number of likely N-dealkylation sites (N-methyl/N-ethyl adjacent to an activating group) is 1. The van der Waals surface area contributed by atoms with E-state index in [0.717, 1.165) is 36.1 Å². The Bertz CT molecular complexity index is 1070. The molecule has 2 fully saturated rings. The monoisotopic (exact) mass is 447 g/mol. The van der Waals surface area contributed by atoms with Crippen molar-refractivity contribution in [1.82, 2.24) is 24.6 Å². The maximum absolute atomic E-state index is 13.0. The lowest BCUT2D eigenvalue weighted by molar-refractivity contribution is -0.133. The van der Waals surface area contributed by atoms with Gasteiger partial charge in [0.1, 0.15) is 0 Å². The molecule has 8 nitrogen and oxygen atoms in total. The smallest absolute Gasteiger partial charge is 0.236 e. The summed E-state index contributed by atoms with van der Waals surface area (Å²) < 4.78 is 25.5. The third kappa shape index (κ3) is 4.62. The lowest BCUT2D eigenvalue weighted by atomic mass is 9.93. The van der Waals surface area contributed by atoms with E-state index in [2.05, 4.69) is 31.8 Å². The third-order valence-electron chi connectivity index (χ3n) is 6.48. The molecular formula is C22H33N5O3S. The van der Waals surface area contributed by atoms with Gasteiger partial charge in [-0.05, 0) is 59.2 Å². The number of carbonyl (C=O) groups is 1. The molecule has 9 heteroatoms. The van der Waals surface area contributed by atoms with E-state index in [0.29, 0.717) is 13.0 Å². The first-order valence-corrected chi connectivity index (χ1v) is 12.9. The highest BCUT2D eigenvalue weighted by molar-refractivity contribution is 7.91. The number of pyridine rings is 1. The summed E-state index contributed by atoms with van der Waals surface area (Å²) in [4.78, 5) is 21.4. The summed E-state index contributed by atoms with van der Waals surface area (Å²) in [7, 11) is -1.10. The van der Waals surface area contributed by atoms with E-state index in [1.165, 1.54) is 0 Å². The molecule has 4 heterocycles. The standard InChI is InChI=1S/C22H33N5O3S/c1-22(2,3)27-21-18(8-5-10-23-21)20(24-27)16-7-6-11-26(13-16)19(28)14-25(4)17-9-12-31(29,30)15-17/h5,8,10,16-17H,6-7,9,11-15H2,1-4H3. The van der Waals surface area contributed by atoms with E-state index in [9.17, 15) is 13.2 Å². The van der Waals surface area contributed by atoms with Crippen LogP contribution in [0.25, 0.3) is 11.0 Å². The third-order valence-corrected chi connectivity index (χ3v) is 8.23. The van der Waals surface area contributed by atoms with Gasteiger partial charge < -0.3 is 4.90 Å². The fraction of sp³-hybridized carbons (Fsp3) is 0.682. The average molecular weight is 448 g/mol. The van der Waals surface area contributed by atoms with Crippen molar-refractivity contribution in [3.8, 4) is 0 Å². The summed E-state index contributed by atoms with van der Waals surface area (Å²) >= 11 is 0. The van der Waals surface area contributed by atoms with E-state index >= 15 is 0 Å². The second-order valence-electron chi connectivity index (χ2n) is 9.99. The fourth-order valence-electron chi connectivity index (χ4n) is 4.74. The molecule has 0 N–H and O–H groups in total. The van der Waals surface area contributed by atoms with Gasteiger partial charge in [0, 0.05) is 36.6 Å². The van der Waals surface area contributed by atoms with Crippen molar-refractivity contribution in [1.29, 1.82) is 0 Å². The molecule has 0 bridgehead atoms. The van der Waals surface area contributed by atoms with Crippen molar-refractivity contribution in [3.63, 3.8) is 0 Å². The van der Waals surface area contributed by atoms with Gasteiger partial charge in [-0.3, -0.25) is 9.69 Å². The molecule has 31 heavy (non-hydrogen) atoms. The maximum atomic E-state index is 13.0. The molecule has 0 aromatic carbocycles. The van der Waals surface area contributed by atoms with Crippen LogP contribution in [0.4, 0.5) is 0 Å². The van der Waals surface area contributed by atoms with Gasteiger partial charge >= 0.3 is 0 Å². The summed E-state index contributed by atoms with van der Waals surface area (Å²) in [5.41, 5.74) is 1.72. The molecule has 2 aromatic heterocycles. The normalized spacial score (nSPS) is 24.2. The van der Waals surface area contributed by atoms with Crippen molar-refractivity contribution < 1.29 is 13.2 Å². The Kier molecular flexibility index (Phi) is 5.85. The summed E-state index contributed by atoms with van der Waals surface area (Å²) in [6, 6.07) is 3.95. The van der Waals surface area contributed by atoms with Crippen LogP contribution in [0.15, 0.2) is 18.3 Å². The van der Waals surface area contributed by atoms with Gasteiger partial charge in [-0.2, -0.15) is 5.10 Å². The molecule has 2 atom stereocenters. The number of hydrogen-bond donors (Lipinski definition) is 0. The molecule has 0 aliphatic carbocycles. The molecule has 2 aliphatic heterocycles. The van der Waals surface area contributed by atoms with Crippen molar-refractivity contribution in [2.45, 2.75) is 57.5 Å². The first-order valence-electron chi connectivity index (χ1n) is 11.1. The number of likely N-dealkylation sites (tertiary alicyclic amines) is 1.